The van der Waals surface area contributed by atoms with Crippen molar-refractivity contribution in [2.75, 3.05) is 39.4 Å². The van der Waals surface area contributed by atoms with Crippen LogP contribution in [-0.2, 0) is 11.3 Å². The van der Waals surface area contributed by atoms with Crippen LogP contribution in [-0.4, -0.2) is 55.2 Å². The summed E-state index contributed by atoms with van der Waals surface area (Å²) in [4.78, 5) is 20.6. The molecular weight excluding hydrogens is 386 g/mol. The topological polar surface area (TPSA) is 56.1 Å². The van der Waals surface area contributed by atoms with Gasteiger partial charge in [-0.25, -0.2) is 4.98 Å². The Bertz CT molecular complexity index is 916. The first-order valence-corrected chi connectivity index (χ1v) is 10.8. The van der Waals surface area contributed by atoms with E-state index in [0.717, 1.165) is 44.0 Å². The first-order valence-electron chi connectivity index (χ1n) is 10.0. The summed E-state index contributed by atoms with van der Waals surface area (Å²) >= 11 is 1.77. The molecule has 4 rings (SSSR count). The lowest BCUT2D eigenvalue weighted by atomic mass is 10.3. The quantitative estimate of drug-likeness (QED) is 0.645. The molecule has 1 aliphatic heterocycles. The third-order valence-corrected chi connectivity index (χ3v) is 6.10. The monoisotopic (exact) mass is 412 g/mol. The van der Waals surface area contributed by atoms with Gasteiger partial charge in [-0.15, -0.1) is 11.3 Å². The molecule has 0 bridgehead atoms. The summed E-state index contributed by atoms with van der Waals surface area (Å²) in [7, 11) is 0. The Balaban J connectivity index is 1.23. The van der Waals surface area contributed by atoms with Crippen molar-refractivity contribution in [3.63, 3.8) is 0 Å². The molecule has 2 heterocycles. The number of rotatable bonds is 7. The van der Waals surface area contributed by atoms with Crippen molar-refractivity contribution in [1.29, 1.82) is 0 Å². The molecule has 1 aliphatic rings. The van der Waals surface area contributed by atoms with Crippen LogP contribution < -0.4 is 14.4 Å². The van der Waals surface area contributed by atoms with E-state index in [9.17, 15) is 4.79 Å². The van der Waals surface area contributed by atoms with Crippen LogP contribution >= 0.6 is 11.3 Å². The van der Waals surface area contributed by atoms with E-state index in [1.54, 1.807) is 11.3 Å². The normalized spacial score (nSPS) is 14.9. The van der Waals surface area contributed by atoms with E-state index in [0.29, 0.717) is 12.4 Å². The maximum absolute atomic E-state index is 12.5. The summed E-state index contributed by atoms with van der Waals surface area (Å²) in [5.41, 5.74) is 1.08. The number of carbonyl (C=O) groups excluding carboxylic acids is 1. The third-order valence-electron chi connectivity index (χ3n) is 5.06. The molecule has 1 amide bonds. The molecule has 1 fully saturated rings. The fourth-order valence-corrected chi connectivity index (χ4v) is 4.53. The van der Waals surface area contributed by atoms with Crippen LogP contribution in [0.4, 0.5) is 0 Å². The molecule has 0 aliphatic carbocycles. The summed E-state index contributed by atoms with van der Waals surface area (Å²) < 4.78 is 12.3. The maximum Gasteiger partial charge on any atom is 0.260 e. The lowest BCUT2D eigenvalue weighted by Gasteiger charge is -2.31. The van der Waals surface area contributed by atoms with E-state index in [2.05, 4.69) is 18.2 Å². The third kappa shape index (κ3) is 5.05. The number of nitrogens with zero attached hydrogens (tertiary/aromatic N) is 2. The average molecular weight is 413 g/mol. The van der Waals surface area contributed by atoms with Gasteiger partial charge in [-0.2, -0.15) is 0 Å². The second-order valence-corrected chi connectivity index (χ2v) is 8.19. The molecule has 1 saturated heterocycles. The molecule has 0 unspecified atom stereocenters. The minimum absolute atomic E-state index is 0.0397. The number of thiazole rings is 1. The Morgan fingerprint density at radius 1 is 1.07 bits per heavy atom. The van der Waals surface area contributed by atoms with Crippen LogP contribution in [0, 0.1) is 0 Å². The molecule has 2 aromatic carbocycles. The molecular formula is C22H26N3O3S+. The molecule has 7 heteroatoms. The van der Waals surface area contributed by atoms with Gasteiger partial charge in [0.05, 0.1) is 43.0 Å². The number of ether oxygens (including phenoxy) is 2. The van der Waals surface area contributed by atoms with Gasteiger partial charge in [0.2, 0.25) is 0 Å². The molecule has 6 nitrogen and oxygen atoms in total. The number of carbonyl (C=O) groups is 1. The van der Waals surface area contributed by atoms with E-state index in [-0.39, 0.29) is 12.5 Å². The van der Waals surface area contributed by atoms with Gasteiger partial charge < -0.3 is 19.3 Å². The Labute approximate surface area is 174 Å². The van der Waals surface area contributed by atoms with Gasteiger partial charge in [0.15, 0.2) is 6.61 Å². The molecule has 0 spiro atoms. The van der Waals surface area contributed by atoms with E-state index in [4.69, 9.17) is 14.5 Å². The molecule has 3 aromatic rings. The number of quaternary nitrogens is 1. The Morgan fingerprint density at radius 2 is 1.76 bits per heavy atom. The number of piperazine rings is 1. The molecule has 0 atom stereocenters. The summed E-state index contributed by atoms with van der Waals surface area (Å²) in [6, 6.07) is 15.6. The number of aromatic nitrogens is 1. The smallest absolute Gasteiger partial charge is 0.260 e. The summed E-state index contributed by atoms with van der Waals surface area (Å²) in [5, 5.41) is 1.17. The number of fused-ring (bicyclic) bond motifs is 1. The van der Waals surface area contributed by atoms with Crippen molar-refractivity contribution < 1.29 is 19.2 Å². The zero-order chi connectivity index (χ0) is 20.1. The first-order chi connectivity index (χ1) is 14.2. The minimum atomic E-state index is 0.0397. The van der Waals surface area contributed by atoms with Crippen LogP contribution in [0.5, 0.6) is 11.5 Å². The molecule has 152 valence electrons. The van der Waals surface area contributed by atoms with Crippen molar-refractivity contribution in [3.05, 3.63) is 53.5 Å². The highest BCUT2D eigenvalue weighted by molar-refractivity contribution is 7.18. The highest BCUT2D eigenvalue weighted by atomic mass is 32.1. The predicted molar refractivity (Wildman–Crippen MR) is 114 cm³/mol. The molecule has 0 radical (unpaired) electrons. The fraction of sp³-hybridized carbons (Fsp3) is 0.364. The zero-order valence-electron chi connectivity index (χ0n) is 16.6. The SMILES string of the molecule is CCOc1ccc(OCC(=O)N2CC[NH+](Cc3nc4ccccc4s3)CC2)cc1. The van der Waals surface area contributed by atoms with Gasteiger partial charge >= 0.3 is 0 Å². The van der Waals surface area contributed by atoms with E-state index < -0.39 is 0 Å². The Kier molecular flexibility index (Phi) is 6.27. The number of para-hydroxylation sites is 1. The number of hydrogen-bond acceptors (Lipinski definition) is 5. The predicted octanol–water partition coefficient (Wildman–Crippen LogP) is 2.00. The number of amides is 1. The minimum Gasteiger partial charge on any atom is -0.494 e. The Morgan fingerprint density at radius 3 is 2.45 bits per heavy atom. The Hall–Kier alpha value is -2.64. The molecule has 1 N–H and O–H groups in total. The summed E-state index contributed by atoms with van der Waals surface area (Å²) in [6.45, 7) is 6.95. The number of benzene rings is 2. The van der Waals surface area contributed by atoms with Crippen molar-refractivity contribution in [1.82, 2.24) is 9.88 Å². The average Bonchev–Trinajstić information content (AvgIpc) is 3.16. The standard InChI is InChI=1S/C22H25N3O3S/c1-2-27-17-7-9-18(10-8-17)28-16-22(26)25-13-11-24(12-14-25)15-21-23-19-5-3-4-6-20(19)29-21/h3-10H,2,11-16H2,1H3/p+1. The molecule has 29 heavy (non-hydrogen) atoms. The van der Waals surface area contributed by atoms with E-state index in [1.807, 2.05) is 42.2 Å². The van der Waals surface area contributed by atoms with Crippen molar-refractivity contribution in [3.8, 4) is 11.5 Å². The van der Waals surface area contributed by atoms with Gasteiger partial charge in [-0.3, -0.25) is 4.79 Å². The van der Waals surface area contributed by atoms with Crippen molar-refractivity contribution in [2.45, 2.75) is 13.5 Å². The fourth-order valence-electron chi connectivity index (χ4n) is 3.49. The summed E-state index contributed by atoms with van der Waals surface area (Å²) in [6.07, 6.45) is 0. The second kappa shape index (κ2) is 9.24. The van der Waals surface area contributed by atoms with Gasteiger partial charge in [-0.05, 0) is 43.3 Å². The van der Waals surface area contributed by atoms with E-state index in [1.165, 1.54) is 14.6 Å². The molecule has 1 aromatic heterocycles. The highest BCUT2D eigenvalue weighted by Crippen LogP contribution is 2.21. The van der Waals surface area contributed by atoms with Crippen LogP contribution in [0.15, 0.2) is 48.5 Å². The molecule has 0 saturated carbocycles. The van der Waals surface area contributed by atoms with Crippen LogP contribution in [0.1, 0.15) is 11.9 Å². The lowest BCUT2D eigenvalue weighted by molar-refractivity contribution is -0.917. The van der Waals surface area contributed by atoms with E-state index >= 15 is 0 Å². The van der Waals surface area contributed by atoms with Crippen molar-refractivity contribution in [2.24, 2.45) is 0 Å². The van der Waals surface area contributed by atoms with Crippen LogP contribution in [0.25, 0.3) is 10.2 Å². The number of hydrogen-bond donors (Lipinski definition) is 1. The largest absolute Gasteiger partial charge is 0.494 e. The van der Waals surface area contributed by atoms with Gasteiger partial charge in [-0.1, -0.05) is 12.1 Å². The highest BCUT2D eigenvalue weighted by Gasteiger charge is 2.24. The number of nitrogens with one attached hydrogen (secondary N) is 1. The van der Waals surface area contributed by atoms with Gasteiger partial charge in [0.1, 0.15) is 23.1 Å². The van der Waals surface area contributed by atoms with Crippen LogP contribution in [0.2, 0.25) is 0 Å². The maximum atomic E-state index is 12.5. The zero-order valence-corrected chi connectivity index (χ0v) is 17.4. The van der Waals surface area contributed by atoms with Gasteiger partial charge in [0, 0.05) is 0 Å². The van der Waals surface area contributed by atoms with Gasteiger partial charge in [0.25, 0.3) is 5.91 Å². The summed E-state index contributed by atoms with van der Waals surface area (Å²) in [5.74, 6) is 1.53. The van der Waals surface area contributed by atoms with Crippen molar-refractivity contribution >= 4 is 27.5 Å². The first kappa shape index (κ1) is 19.7. The van der Waals surface area contributed by atoms with Crippen LogP contribution in [0.3, 0.4) is 0 Å². The lowest BCUT2D eigenvalue weighted by Crippen LogP contribution is -3.13. The second-order valence-electron chi connectivity index (χ2n) is 7.08.